The van der Waals surface area contributed by atoms with E-state index in [1.807, 2.05) is 19.1 Å². The Bertz CT molecular complexity index is 1190. The van der Waals surface area contributed by atoms with E-state index in [-0.39, 0.29) is 12.4 Å². The fraction of sp³-hybridized carbons (Fsp3) is 0.190. The molecule has 0 aliphatic carbocycles. The maximum atomic E-state index is 12.4. The molecule has 3 aromatic rings. The number of hydrazone groups is 1. The zero-order chi connectivity index (χ0) is 23.3. The third-order valence-electron chi connectivity index (χ3n) is 4.03. The van der Waals surface area contributed by atoms with Crippen LogP contribution in [0.15, 0.2) is 53.3 Å². The van der Waals surface area contributed by atoms with Crippen molar-refractivity contribution in [2.45, 2.75) is 6.92 Å². The van der Waals surface area contributed by atoms with Crippen molar-refractivity contribution in [3.63, 3.8) is 0 Å². The molecule has 0 saturated carbocycles. The molecule has 0 unspecified atom stereocenters. The summed E-state index contributed by atoms with van der Waals surface area (Å²) in [4.78, 5) is 23.8. The first-order valence-electron chi connectivity index (χ1n) is 9.20. The average Bonchev–Trinajstić information content (AvgIpc) is 3.17. The van der Waals surface area contributed by atoms with Crippen molar-refractivity contribution in [2.24, 2.45) is 5.10 Å². The van der Waals surface area contributed by atoms with Gasteiger partial charge in [0, 0.05) is 9.86 Å². The highest BCUT2D eigenvalue weighted by molar-refractivity contribution is 9.11. The van der Waals surface area contributed by atoms with Gasteiger partial charge in [-0.25, -0.2) is 10.2 Å². The van der Waals surface area contributed by atoms with Crippen molar-refractivity contribution in [1.29, 1.82) is 0 Å². The number of hydrogen-bond acceptors (Lipinski definition) is 7. The molecule has 0 aliphatic heterocycles. The molecule has 2 aromatic carbocycles. The topological polar surface area (TPSA) is 99.4 Å². The van der Waals surface area contributed by atoms with Crippen molar-refractivity contribution in [2.75, 3.05) is 20.3 Å². The molecule has 0 fully saturated rings. The third-order valence-corrected chi connectivity index (χ3v) is 5.67. The molecule has 1 N–H and O–H groups in total. The number of amides is 1. The Kier molecular flexibility index (Phi) is 8.32. The van der Waals surface area contributed by atoms with Crippen molar-refractivity contribution >= 4 is 76.9 Å². The van der Waals surface area contributed by atoms with Crippen LogP contribution >= 0.6 is 47.8 Å². The van der Waals surface area contributed by atoms with E-state index in [0.29, 0.717) is 33.7 Å². The Labute approximate surface area is 208 Å². The zero-order valence-corrected chi connectivity index (χ0v) is 21.7. The van der Waals surface area contributed by atoms with Gasteiger partial charge in [-0.05, 0) is 74.7 Å². The Balaban J connectivity index is 1.75. The van der Waals surface area contributed by atoms with Crippen LogP contribution in [0, 0.1) is 0 Å². The van der Waals surface area contributed by atoms with Gasteiger partial charge in [0.05, 0.1) is 28.9 Å². The standard InChI is InChI=1S/C21H17Br3N2O6/c1-3-30-16-5-11(4-14(23)20(16)31-10-18(27)29-2)9-25-26-21(28)17-7-12-6-13(22)8-15(24)19(12)32-17/h4-9H,3,10H2,1-2H3,(H,26,28)/b25-9-. The fourth-order valence-corrected chi connectivity index (χ4v) is 4.58. The van der Waals surface area contributed by atoms with Crippen LogP contribution < -0.4 is 14.9 Å². The third kappa shape index (κ3) is 5.90. The van der Waals surface area contributed by atoms with E-state index >= 15 is 0 Å². The number of carbonyl (C=O) groups is 2. The summed E-state index contributed by atoms with van der Waals surface area (Å²) in [6.45, 7) is 1.95. The molecule has 0 spiro atoms. The number of rotatable bonds is 8. The summed E-state index contributed by atoms with van der Waals surface area (Å²) < 4.78 is 23.4. The maximum Gasteiger partial charge on any atom is 0.343 e. The zero-order valence-electron chi connectivity index (χ0n) is 16.9. The van der Waals surface area contributed by atoms with E-state index in [0.717, 1.165) is 14.3 Å². The highest BCUT2D eigenvalue weighted by atomic mass is 79.9. The van der Waals surface area contributed by atoms with Gasteiger partial charge in [-0.3, -0.25) is 4.79 Å². The SMILES string of the molecule is CCOc1cc(/C=N\NC(=O)c2cc3cc(Br)cc(Br)c3o2)cc(Br)c1OCC(=O)OC. The lowest BCUT2D eigenvalue weighted by molar-refractivity contribution is -0.142. The molecule has 0 radical (unpaired) electrons. The minimum absolute atomic E-state index is 0.124. The summed E-state index contributed by atoms with van der Waals surface area (Å²) in [6.07, 6.45) is 1.45. The molecule has 3 rings (SSSR count). The lowest BCUT2D eigenvalue weighted by Gasteiger charge is -2.13. The van der Waals surface area contributed by atoms with Crippen molar-refractivity contribution in [3.8, 4) is 11.5 Å². The van der Waals surface area contributed by atoms with Crippen LogP contribution in [0.1, 0.15) is 23.0 Å². The Morgan fingerprint density at radius 1 is 1.09 bits per heavy atom. The predicted octanol–water partition coefficient (Wildman–Crippen LogP) is 5.43. The summed E-state index contributed by atoms with van der Waals surface area (Å²) in [7, 11) is 1.28. The molecule has 0 bridgehead atoms. The van der Waals surface area contributed by atoms with E-state index in [1.165, 1.54) is 13.3 Å². The number of hydrogen-bond donors (Lipinski definition) is 1. The van der Waals surface area contributed by atoms with Gasteiger partial charge in [-0.15, -0.1) is 0 Å². The summed E-state index contributed by atoms with van der Waals surface area (Å²) >= 11 is 10.2. The molecule has 8 nitrogen and oxygen atoms in total. The minimum Gasteiger partial charge on any atom is -0.490 e. The van der Waals surface area contributed by atoms with Crippen molar-refractivity contribution in [3.05, 3.63) is 55.1 Å². The van der Waals surface area contributed by atoms with E-state index in [4.69, 9.17) is 13.9 Å². The quantitative estimate of drug-likeness (QED) is 0.202. The van der Waals surface area contributed by atoms with Crippen molar-refractivity contribution < 1.29 is 28.2 Å². The van der Waals surface area contributed by atoms with Crippen LogP contribution in [0.4, 0.5) is 0 Å². The second-order valence-electron chi connectivity index (χ2n) is 6.24. The number of benzene rings is 2. The van der Waals surface area contributed by atoms with Crippen LogP contribution in [-0.4, -0.2) is 38.4 Å². The van der Waals surface area contributed by atoms with Gasteiger partial charge < -0.3 is 18.6 Å². The maximum absolute atomic E-state index is 12.4. The summed E-state index contributed by atoms with van der Waals surface area (Å²) in [5.41, 5.74) is 3.63. The number of furan rings is 1. The Morgan fingerprint density at radius 2 is 1.88 bits per heavy atom. The number of ether oxygens (including phenoxy) is 3. The predicted molar refractivity (Wildman–Crippen MR) is 129 cm³/mol. The van der Waals surface area contributed by atoms with E-state index in [2.05, 4.69) is 63.1 Å². The highest BCUT2D eigenvalue weighted by Gasteiger charge is 2.15. The summed E-state index contributed by atoms with van der Waals surface area (Å²) in [5, 5.41) is 4.76. The van der Waals surface area contributed by atoms with Crippen LogP contribution in [0.25, 0.3) is 11.0 Å². The number of carbonyl (C=O) groups excluding carboxylic acids is 2. The molecule has 32 heavy (non-hydrogen) atoms. The molecule has 168 valence electrons. The second kappa shape index (κ2) is 11.0. The second-order valence-corrected chi connectivity index (χ2v) is 8.87. The van der Waals surface area contributed by atoms with Gasteiger partial charge in [0.15, 0.2) is 23.9 Å². The van der Waals surface area contributed by atoms with Gasteiger partial charge in [0.1, 0.15) is 5.58 Å². The van der Waals surface area contributed by atoms with Crippen LogP contribution in [0.3, 0.4) is 0 Å². The molecular formula is C21H17Br3N2O6. The van der Waals surface area contributed by atoms with Crippen LogP contribution in [0.5, 0.6) is 11.5 Å². The normalized spacial score (nSPS) is 11.0. The first kappa shape index (κ1) is 24.3. The lowest BCUT2D eigenvalue weighted by Crippen LogP contribution is -2.16. The van der Waals surface area contributed by atoms with Gasteiger partial charge in [0.2, 0.25) is 0 Å². The molecular weight excluding hydrogens is 616 g/mol. The van der Waals surface area contributed by atoms with Gasteiger partial charge in [-0.1, -0.05) is 15.9 Å². The van der Waals surface area contributed by atoms with Crippen LogP contribution in [-0.2, 0) is 9.53 Å². The Morgan fingerprint density at radius 3 is 2.59 bits per heavy atom. The summed E-state index contributed by atoms with van der Waals surface area (Å²) in [5.74, 6) is -0.123. The molecule has 1 amide bonds. The Hall–Kier alpha value is -2.37. The highest BCUT2D eigenvalue weighted by Crippen LogP contribution is 2.36. The number of nitrogens with zero attached hydrogens (tertiary/aromatic N) is 1. The molecule has 0 atom stereocenters. The monoisotopic (exact) mass is 630 g/mol. The number of esters is 1. The smallest absolute Gasteiger partial charge is 0.343 e. The average molecular weight is 633 g/mol. The molecule has 0 saturated heterocycles. The summed E-state index contributed by atoms with van der Waals surface area (Å²) in [6, 6.07) is 8.69. The van der Waals surface area contributed by atoms with E-state index in [9.17, 15) is 9.59 Å². The number of nitrogens with one attached hydrogen (secondary N) is 1. The minimum atomic E-state index is -0.516. The van der Waals surface area contributed by atoms with Gasteiger partial charge in [-0.2, -0.15) is 5.10 Å². The number of halogens is 3. The molecule has 0 aliphatic rings. The van der Waals surface area contributed by atoms with E-state index < -0.39 is 11.9 Å². The first-order chi connectivity index (χ1) is 15.3. The number of methoxy groups -OCH3 is 1. The van der Waals surface area contributed by atoms with Crippen LogP contribution in [0.2, 0.25) is 0 Å². The van der Waals surface area contributed by atoms with Gasteiger partial charge in [0.25, 0.3) is 0 Å². The van der Waals surface area contributed by atoms with E-state index in [1.54, 1.807) is 18.2 Å². The molecule has 1 heterocycles. The first-order valence-corrected chi connectivity index (χ1v) is 11.6. The van der Waals surface area contributed by atoms with Crippen molar-refractivity contribution in [1.82, 2.24) is 5.43 Å². The molecule has 1 aromatic heterocycles. The number of fused-ring (bicyclic) bond motifs is 1. The fourth-order valence-electron chi connectivity index (χ4n) is 2.66. The lowest BCUT2D eigenvalue weighted by atomic mass is 10.2. The largest absolute Gasteiger partial charge is 0.490 e. The molecule has 11 heteroatoms. The van der Waals surface area contributed by atoms with Gasteiger partial charge >= 0.3 is 11.9 Å².